The summed E-state index contributed by atoms with van der Waals surface area (Å²) >= 11 is 2.95. The SMILES string of the molecule is N#Cc1c(F)ccc(Br)c1O. The minimum Gasteiger partial charge on any atom is -0.505 e. The molecule has 0 aliphatic rings. The fourth-order valence-electron chi connectivity index (χ4n) is 0.647. The quantitative estimate of drug-likeness (QED) is 0.722. The van der Waals surface area contributed by atoms with Crippen LogP contribution in [0.2, 0.25) is 0 Å². The summed E-state index contributed by atoms with van der Waals surface area (Å²) in [6.07, 6.45) is 0. The largest absolute Gasteiger partial charge is 0.505 e. The summed E-state index contributed by atoms with van der Waals surface area (Å²) in [7, 11) is 0. The van der Waals surface area contributed by atoms with E-state index in [2.05, 4.69) is 15.9 Å². The van der Waals surface area contributed by atoms with Gasteiger partial charge in [0.2, 0.25) is 0 Å². The van der Waals surface area contributed by atoms with E-state index in [-0.39, 0.29) is 11.3 Å². The number of aromatic hydroxyl groups is 1. The first kappa shape index (κ1) is 8.02. The Labute approximate surface area is 71.0 Å². The summed E-state index contributed by atoms with van der Waals surface area (Å²) < 4.78 is 12.9. The number of hydrogen-bond donors (Lipinski definition) is 1. The van der Waals surface area contributed by atoms with Crippen LogP contribution in [0.15, 0.2) is 16.6 Å². The van der Waals surface area contributed by atoms with Crippen LogP contribution >= 0.6 is 15.9 Å². The summed E-state index contributed by atoms with van der Waals surface area (Å²) in [5.74, 6) is -1.07. The molecular weight excluding hydrogens is 213 g/mol. The Morgan fingerprint density at radius 2 is 2.18 bits per heavy atom. The lowest BCUT2D eigenvalue weighted by molar-refractivity contribution is 0.463. The van der Waals surface area contributed by atoms with E-state index in [1.807, 2.05) is 0 Å². The number of nitrogens with zero attached hydrogens (tertiary/aromatic N) is 1. The Morgan fingerprint density at radius 3 is 2.64 bits per heavy atom. The molecule has 0 unspecified atom stereocenters. The first-order valence-electron chi connectivity index (χ1n) is 2.74. The number of hydrogen-bond acceptors (Lipinski definition) is 2. The molecule has 0 aliphatic heterocycles. The van der Waals surface area contributed by atoms with E-state index >= 15 is 0 Å². The Morgan fingerprint density at radius 1 is 1.55 bits per heavy atom. The van der Waals surface area contributed by atoms with Gasteiger partial charge in [-0.15, -0.1) is 0 Å². The smallest absolute Gasteiger partial charge is 0.150 e. The molecule has 0 bridgehead atoms. The Hall–Kier alpha value is -1.08. The van der Waals surface area contributed by atoms with E-state index in [0.717, 1.165) is 6.07 Å². The second-order valence-corrected chi connectivity index (χ2v) is 2.72. The van der Waals surface area contributed by atoms with Crippen molar-refractivity contribution >= 4 is 15.9 Å². The van der Waals surface area contributed by atoms with Crippen LogP contribution in [0.1, 0.15) is 5.56 Å². The van der Waals surface area contributed by atoms with Gasteiger partial charge in [0.15, 0.2) is 5.75 Å². The summed E-state index contributed by atoms with van der Waals surface area (Å²) in [6, 6.07) is 4.00. The van der Waals surface area contributed by atoms with Gasteiger partial charge < -0.3 is 5.11 Å². The normalized spacial score (nSPS) is 9.18. The molecule has 0 amide bonds. The van der Waals surface area contributed by atoms with Crippen LogP contribution in [0.4, 0.5) is 4.39 Å². The molecule has 0 radical (unpaired) electrons. The van der Waals surface area contributed by atoms with Gasteiger partial charge in [-0.3, -0.25) is 0 Å². The number of phenols is 1. The van der Waals surface area contributed by atoms with Crippen molar-refractivity contribution in [1.29, 1.82) is 5.26 Å². The van der Waals surface area contributed by atoms with Crippen LogP contribution in [0, 0.1) is 17.1 Å². The molecule has 0 aromatic heterocycles. The van der Waals surface area contributed by atoms with Crippen LogP contribution in [-0.4, -0.2) is 5.11 Å². The van der Waals surface area contributed by atoms with Gasteiger partial charge in [0.25, 0.3) is 0 Å². The highest BCUT2D eigenvalue weighted by molar-refractivity contribution is 9.10. The average molecular weight is 216 g/mol. The highest BCUT2D eigenvalue weighted by Gasteiger charge is 2.09. The molecule has 0 fully saturated rings. The fraction of sp³-hybridized carbons (Fsp3) is 0. The van der Waals surface area contributed by atoms with Crippen molar-refractivity contribution < 1.29 is 9.50 Å². The molecular formula is C7H3BrFNO. The van der Waals surface area contributed by atoms with Crippen molar-refractivity contribution in [3.05, 3.63) is 28.0 Å². The molecule has 0 atom stereocenters. The fourth-order valence-corrected chi connectivity index (χ4v) is 0.978. The van der Waals surface area contributed by atoms with Gasteiger partial charge in [-0.25, -0.2) is 4.39 Å². The maximum absolute atomic E-state index is 12.6. The molecule has 1 aromatic rings. The topological polar surface area (TPSA) is 44.0 Å². The minimum atomic E-state index is -0.715. The molecule has 0 heterocycles. The van der Waals surface area contributed by atoms with Crippen molar-refractivity contribution in [2.24, 2.45) is 0 Å². The van der Waals surface area contributed by atoms with Gasteiger partial charge in [0.05, 0.1) is 4.47 Å². The van der Waals surface area contributed by atoms with E-state index in [4.69, 9.17) is 10.4 Å². The second kappa shape index (κ2) is 2.89. The Kier molecular flexibility index (Phi) is 2.11. The molecule has 0 spiro atoms. The van der Waals surface area contributed by atoms with Crippen molar-refractivity contribution in [2.75, 3.05) is 0 Å². The third kappa shape index (κ3) is 1.33. The van der Waals surface area contributed by atoms with Crippen LogP contribution in [-0.2, 0) is 0 Å². The maximum atomic E-state index is 12.6. The van der Waals surface area contributed by atoms with Crippen molar-refractivity contribution in [3.63, 3.8) is 0 Å². The molecule has 0 saturated carbocycles. The van der Waals surface area contributed by atoms with Crippen LogP contribution in [0.3, 0.4) is 0 Å². The predicted octanol–water partition coefficient (Wildman–Crippen LogP) is 2.17. The zero-order chi connectivity index (χ0) is 8.43. The molecule has 56 valence electrons. The molecule has 0 aliphatic carbocycles. The van der Waals surface area contributed by atoms with Gasteiger partial charge in [0.1, 0.15) is 17.4 Å². The number of halogens is 2. The molecule has 4 heteroatoms. The highest BCUT2D eigenvalue weighted by Crippen LogP contribution is 2.28. The summed E-state index contributed by atoms with van der Waals surface area (Å²) in [6.45, 7) is 0. The van der Waals surface area contributed by atoms with Gasteiger partial charge in [0, 0.05) is 0 Å². The zero-order valence-corrected chi connectivity index (χ0v) is 6.89. The molecule has 1 rings (SSSR count). The van der Waals surface area contributed by atoms with Crippen LogP contribution in [0.5, 0.6) is 5.75 Å². The third-order valence-corrected chi connectivity index (χ3v) is 1.83. The number of nitriles is 1. The van der Waals surface area contributed by atoms with Gasteiger partial charge >= 0.3 is 0 Å². The summed E-state index contributed by atoms with van der Waals surface area (Å²) in [5.41, 5.74) is -0.334. The first-order chi connectivity index (χ1) is 5.16. The van der Waals surface area contributed by atoms with E-state index in [9.17, 15) is 4.39 Å². The predicted molar refractivity (Wildman–Crippen MR) is 40.5 cm³/mol. The zero-order valence-electron chi connectivity index (χ0n) is 5.31. The third-order valence-electron chi connectivity index (χ3n) is 1.19. The Bertz CT molecular complexity index is 332. The van der Waals surface area contributed by atoms with E-state index in [1.54, 1.807) is 6.07 Å². The first-order valence-corrected chi connectivity index (χ1v) is 3.53. The standard InChI is InChI=1S/C7H3BrFNO/c8-5-1-2-6(9)4(3-10)7(5)11/h1-2,11H. The summed E-state index contributed by atoms with van der Waals surface area (Å²) in [5, 5.41) is 17.4. The lowest BCUT2D eigenvalue weighted by atomic mass is 10.2. The number of phenolic OH excluding ortho intramolecular Hbond substituents is 1. The summed E-state index contributed by atoms with van der Waals surface area (Å²) in [4.78, 5) is 0. The monoisotopic (exact) mass is 215 g/mol. The van der Waals surface area contributed by atoms with E-state index in [0.29, 0.717) is 4.47 Å². The van der Waals surface area contributed by atoms with Crippen LogP contribution in [0.25, 0.3) is 0 Å². The molecule has 11 heavy (non-hydrogen) atoms. The van der Waals surface area contributed by atoms with Crippen molar-refractivity contribution in [1.82, 2.24) is 0 Å². The average Bonchev–Trinajstić information content (AvgIpc) is 1.99. The van der Waals surface area contributed by atoms with E-state index in [1.165, 1.54) is 6.07 Å². The van der Waals surface area contributed by atoms with Crippen molar-refractivity contribution in [3.8, 4) is 11.8 Å². The van der Waals surface area contributed by atoms with Gasteiger partial charge in [-0.1, -0.05) is 0 Å². The number of rotatable bonds is 0. The Balaban J connectivity index is 3.44. The lowest BCUT2D eigenvalue weighted by Crippen LogP contribution is -1.84. The van der Waals surface area contributed by atoms with Gasteiger partial charge in [-0.2, -0.15) is 5.26 Å². The molecule has 1 N–H and O–H groups in total. The highest BCUT2D eigenvalue weighted by atomic mass is 79.9. The lowest BCUT2D eigenvalue weighted by Gasteiger charge is -1.98. The minimum absolute atomic E-state index is 0.315. The molecule has 1 aromatic carbocycles. The second-order valence-electron chi connectivity index (χ2n) is 1.86. The van der Waals surface area contributed by atoms with Crippen molar-refractivity contribution in [2.45, 2.75) is 0 Å². The molecule has 0 saturated heterocycles. The molecule has 2 nitrogen and oxygen atoms in total. The maximum Gasteiger partial charge on any atom is 0.150 e. The number of benzene rings is 1. The van der Waals surface area contributed by atoms with Gasteiger partial charge in [-0.05, 0) is 28.1 Å². The van der Waals surface area contributed by atoms with Crippen LogP contribution < -0.4 is 0 Å². The van der Waals surface area contributed by atoms with E-state index < -0.39 is 5.82 Å².